The summed E-state index contributed by atoms with van der Waals surface area (Å²) >= 11 is 0. The first-order chi connectivity index (χ1) is 20.0. The van der Waals surface area contributed by atoms with Crippen molar-refractivity contribution in [2.24, 2.45) is 10.2 Å². The van der Waals surface area contributed by atoms with Crippen molar-refractivity contribution in [2.75, 3.05) is 0 Å². The van der Waals surface area contributed by atoms with Gasteiger partial charge in [0.25, 0.3) is 0 Å². The molecule has 0 bridgehead atoms. The molecule has 10 nitrogen and oxygen atoms in total. The van der Waals surface area contributed by atoms with Crippen LogP contribution in [-0.2, 0) is 9.59 Å². The molecule has 4 aromatic carbocycles. The van der Waals surface area contributed by atoms with Crippen LogP contribution in [0.3, 0.4) is 0 Å². The van der Waals surface area contributed by atoms with Crippen molar-refractivity contribution in [3.8, 4) is 11.5 Å². The fraction of sp³-hybridized carbons (Fsp3) is 0.0323. The van der Waals surface area contributed by atoms with Crippen LogP contribution in [0.5, 0.6) is 11.5 Å². The van der Waals surface area contributed by atoms with Gasteiger partial charge in [-0.3, -0.25) is 9.59 Å². The molecule has 41 heavy (non-hydrogen) atoms. The molecule has 0 atom stereocenters. The molecule has 4 aromatic rings. The minimum absolute atomic E-state index is 0.361. The molecular weight excluding hydrogens is 524 g/mol. The lowest BCUT2D eigenvalue weighted by atomic mass is 10.2. The number of rotatable bonds is 10. The summed E-state index contributed by atoms with van der Waals surface area (Å²) in [6.07, 6.45) is 2.28. The lowest BCUT2D eigenvalue weighted by Crippen LogP contribution is -2.27. The van der Waals surface area contributed by atoms with Gasteiger partial charge in [0.05, 0.1) is 23.6 Å². The Morgan fingerprint density at radius 1 is 0.537 bits per heavy atom. The quantitative estimate of drug-likeness (QED) is 0.101. The van der Waals surface area contributed by atoms with Gasteiger partial charge in [0.15, 0.2) is 0 Å². The summed E-state index contributed by atoms with van der Waals surface area (Å²) in [4.78, 5) is 48.2. The molecule has 204 valence electrons. The fourth-order valence-electron chi connectivity index (χ4n) is 3.31. The second-order valence-corrected chi connectivity index (χ2v) is 8.41. The lowest BCUT2D eigenvalue weighted by Gasteiger charge is -2.04. The van der Waals surface area contributed by atoms with E-state index < -0.39 is 30.2 Å². The highest BCUT2D eigenvalue weighted by atomic mass is 16.5. The van der Waals surface area contributed by atoms with E-state index in [1.54, 1.807) is 97.1 Å². The van der Waals surface area contributed by atoms with E-state index in [9.17, 15) is 19.2 Å². The third kappa shape index (κ3) is 9.11. The van der Waals surface area contributed by atoms with Crippen molar-refractivity contribution < 1.29 is 28.7 Å². The standard InChI is InChI=1S/C31H24N4O6/c36-28(34-32-20-22-11-15-26(16-12-22)40-30(38)24-7-3-1-4-8-24)19-29(37)35-33-21-23-13-17-27(18-14-23)41-31(39)25-9-5-2-6-10-25/h1-18,20-21H,19H2,(H,34,36)(H,35,37). The minimum Gasteiger partial charge on any atom is -0.423 e. The van der Waals surface area contributed by atoms with Crippen LogP contribution in [0.1, 0.15) is 38.3 Å². The third-order valence-electron chi connectivity index (χ3n) is 5.33. The Hall–Kier alpha value is -5.90. The zero-order valence-corrected chi connectivity index (χ0v) is 21.6. The summed E-state index contributed by atoms with van der Waals surface area (Å²) in [6.45, 7) is 0. The van der Waals surface area contributed by atoms with Crippen LogP contribution in [-0.4, -0.2) is 36.2 Å². The molecule has 0 unspecified atom stereocenters. The summed E-state index contributed by atoms with van der Waals surface area (Å²) in [5.74, 6) is -1.48. The van der Waals surface area contributed by atoms with Crippen molar-refractivity contribution in [1.82, 2.24) is 10.9 Å². The summed E-state index contributed by atoms with van der Waals surface area (Å²) in [7, 11) is 0. The van der Waals surface area contributed by atoms with Crippen molar-refractivity contribution in [3.63, 3.8) is 0 Å². The van der Waals surface area contributed by atoms with Crippen LogP contribution in [0.2, 0.25) is 0 Å². The molecule has 0 heterocycles. The van der Waals surface area contributed by atoms with Gasteiger partial charge in [-0.1, -0.05) is 36.4 Å². The highest BCUT2D eigenvalue weighted by molar-refractivity contribution is 5.97. The number of esters is 2. The van der Waals surface area contributed by atoms with E-state index in [4.69, 9.17) is 9.47 Å². The van der Waals surface area contributed by atoms with Gasteiger partial charge >= 0.3 is 11.9 Å². The second kappa shape index (κ2) is 14.3. The summed E-state index contributed by atoms with van der Waals surface area (Å²) in [5, 5.41) is 7.64. The van der Waals surface area contributed by atoms with E-state index in [2.05, 4.69) is 21.1 Å². The van der Waals surface area contributed by atoms with Crippen molar-refractivity contribution in [2.45, 2.75) is 6.42 Å². The first-order valence-electron chi connectivity index (χ1n) is 12.3. The molecule has 0 saturated heterocycles. The molecule has 0 aliphatic rings. The van der Waals surface area contributed by atoms with Crippen molar-refractivity contribution in [3.05, 3.63) is 131 Å². The molecule has 0 aliphatic heterocycles. The van der Waals surface area contributed by atoms with Crippen LogP contribution >= 0.6 is 0 Å². The van der Waals surface area contributed by atoms with Gasteiger partial charge in [0.2, 0.25) is 11.8 Å². The Kier molecular flexibility index (Phi) is 9.81. The maximum absolute atomic E-state index is 12.1. The number of amides is 2. The molecule has 0 aromatic heterocycles. The fourth-order valence-corrected chi connectivity index (χ4v) is 3.31. The smallest absolute Gasteiger partial charge is 0.343 e. The Bertz CT molecular complexity index is 1430. The largest absolute Gasteiger partial charge is 0.423 e. The van der Waals surface area contributed by atoms with Crippen molar-refractivity contribution in [1.29, 1.82) is 0 Å². The molecular formula is C31H24N4O6. The lowest BCUT2D eigenvalue weighted by molar-refractivity contribution is -0.129. The van der Waals surface area contributed by atoms with E-state index in [1.807, 2.05) is 12.1 Å². The number of hydrogen-bond acceptors (Lipinski definition) is 8. The predicted octanol–water partition coefficient (Wildman–Crippen LogP) is 4.12. The zero-order valence-electron chi connectivity index (χ0n) is 21.6. The predicted molar refractivity (Wildman–Crippen MR) is 152 cm³/mol. The first kappa shape index (κ1) is 28.1. The molecule has 4 rings (SSSR count). The normalized spacial score (nSPS) is 10.7. The van der Waals surface area contributed by atoms with Crippen LogP contribution in [0.15, 0.2) is 119 Å². The average molecular weight is 549 g/mol. The molecule has 0 aliphatic carbocycles. The Morgan fingerprint density at radius 3 is 1.27 bits per heavy atom. The molecule has 0 fully saturated rings. The number of benzene rings is 4. The molecule has 10 heteroatoms. The maximum atomic E-state index is 12.1. The molecule has 0 spiro atoms. The van der Waals surface area contributed by atoms with Gasteiger partial charge in [-0.25, -0.2) is 20.4 Å². The second-order valence-electron chi connectivity index (χ2n) is 8.41. The summed E-state index contributed by atoms with van der Waals surface area (Å²) in [5.41, 5.74) is 6.68. The van der Waals surface area contributed by atoms with Crippen LogP contribution in [0.4, 0.5) is 0 Å². The monoisotopic (exact) mass is 548 g/mol. The molecule has 0 radical (unpaired) electrons. The molecule has 0 saturated carbocycles. The van der Waals surface area contributed by atoms with Gasteiger partial charge in [-0.05, 0) is 83.9 Å². The summed E-state index contributed by atoms with van der Waals surface area (Å²) in [6, 6.07) is 30.3. The topological polar surface area (TPSA) is 136 Å². The number of nitrogens with zero attached hydrogens (tertiary/aromatic N) is 2. The van der Waals surface area contributed by atoms with E-state index in [1.165, 1.54) is 12.4 Å². The van der Waals surface area contributed by atoms with Gasteiger partial charge < -0.3 is 9.47 Å². The first-order valence-corrected chi connectivity index (χ1v) is 12.3. The van der Waals surface area contributed by atoms with E-state index in [-0.39, 0.29) is 0 Å². The SMILES string of the molecule is O=C(CC(=O)NN=Cc1ccc(OC(=O)c2ccccc2)cc1)NN=Cc1ccc(OC(=O)c2ccccc2)cc1. The maximum Gasteiger partial charge on any atom is 0.343 e. The number of hydrogen-bond donors (Lipinski definition) is 2. The third-order valence-corrected chi connectivity index (χ3v) is 5.33. The van der Waals surface area contributed by atoms with Crippen LogP contribution in [0.25, 0.3) is 0 Å². The summed E-state index contributed by atoms with van der Waals surface area (Å²) < 4.78 is 10.6. The Morgan fingerprint density at radius 2 is 0.902 bits per heavy atom. The van der Waals surface area contributed by atoms with Gasteiger partial charge in [-0.15, -0.1) is 0 Å². The van der Waals surface area contributed by atoms with E-state index in [0.29, 0.717) is 33.8 Å². The highest BCUT2D eigenvalue weighted by Gasteiger charge is 2.09. The average Bonchev–Trinajstić information content (AvgIpc) is 3.00. The van der Waals surface area contributed by atoms with Gasteiger partial charge in [0, 0.05) is 0 Å². The molecule has 2 N–H and O–H groups in total. The minimum atomic E-state index is -0.632. The highest BCUT2D eigenvalue weighted by Crippen LogP contribution is 2.15. The molecule has 2 amide bonds. The van der Waals surface area contributed by atoms with Crippen LogP contribution < -0.4 is 20.3 Å². The zero-order chi connectivity index (χ0) is 28.9. The van der Waals surface area contributed by atoms with E-state index >= 15 is 0 Å². The number of nitrogens with one attached hydrogen (secondary N) is 2. The Balaban J connectivity index is 1.16. The number of ether oxygens (including phenoxy) is 2. The van der Waals surface area contributed by atoms with Gasteiger partial charge in [-0.2, -0.15) is 10.2 Å². The van der Waals surface area contributed by atoms with E-state index in [0.717, 1.165) is 0 Å². The number of carbonyl (C=O) groups is 4. The van der Waals surface area contributed by atoms with Crippen LogP contribution in [0, 0.1) is 0 Å². The Labute approximate surface area is 235 Å². The van der Waals surface area contributed by atoms with Gasteiger partial charge in [0.1, 0.15) is 17.9 Å². The van der Waals surface area contributed by atoms with Crippen molar-refractivity contribution >= 4 is 36.2 Å². The number of carbonyl (C=O) groups excluding carboxylic acids is 4. The number of hydrazone groups is 2.